The lowest BCUT2D eigenvalue weighted by Gasteiger charge is -2.51. The number of β-amino-alcohol motifs (C(OH)–C–C–N with tert-alkyl or cyclic N) is 1. The van der Waals surface area contributed by atoms with Gasteiger partial charge in [0.15, 0.2) is 23.7 Å². The van der Waals surface area contributed by atoms with Crippen molar-refractivity contribution >= 4 is 18.0 Å². The van der Waals surface area contributed by atoms with Crippen LogP contribution in [-0.2, 0) is 30.2 Å². The van der Waals surface area contributed by atoms with Crippen LogP contribution in [0.3, 0.4) is 0 Å². The van der Waals surface area contributed by atoms with Crippen LogP contribution in [0, 0.1) is 0 Å². The van der Waals surface area contributed by atoms with E-state index >= 15 is 0 Å². The number of carbonyl (C=O) groups excluding carboxylic acids is 2. The average Bonchev–Trinajstić information content (AvgIpc) is 2.98. The highest BCUT2D eigenvalue weighted by Gasteiger charge is 2.59. The number of fused-ring (bicyclic) bond motifs is 2. The molecule has 2 bridgehead atoms. The van der Waals surface area contributed by atoms with Crippen molar-refractivity contribution in [2.45, 2.75) is 62.3 Å². The molecule has 0 aromatic heterocycles. The van der Waals surface area contributed by atoms with E-state index in [0.717, 1.165) is 18.1 Å². The molecule has 2 aliphatic rings. The number of rotatable bonds is 12. The van der Waals surface area contributed by atoms with Crippen LogP contribution in [0.1, 0.15) is 42.4 Å². The van der Waals surface area contributed by atoms with Gasteiger partial charge in [-0.25, -0.2) is 4.79 Å². The number of hydrogen-bond donors (Lipinski definition) is 6. The first-order chi connectivity index (χ1) is 20.6. The third kappa shape index (κ3) is 7.71. The molecule has 0 saturated carbocycles. The van der Waals surface area contributed by atoms with E-state index in [-0.39, 0.29) is 55.7 Å². The molecule has 2 saturated heterocycles. The molecule has 234 valence electrons. The summed E-state index contributed by atoms with van der Waals surface area (Å²) >= 11 is 0. The summed E-state index contributed by atoms with van der Waals surface area (Å²) in [5.74, 6) is -3.98. The highest BCUT2D eigenvalue weighted by molar-refractivity contribution is 5.94. The Morgan fingerprint density at radius 3 is 2.65 bits per heavy atom. The molecule has 2 aromatic rings. The molecule has 2 aliphatic heterocycles. The van der Waals surface area contributed by atoms with E-state index in [1.165, 1.54) is 19.2 Å². The zero-order valence-electron chi connectivity index (χ0n) is 24.1. The fourth-order valence-electron chi connectivity index (χ4n) is 5.54. The summed E-state index contributed by atoms with van der Waals surface area (Å²) < 4.78 is 22.0. The number of nitrogens with one attached hydrogen (secondary N) is 1. The van der Waals surface area contributed by atoms with Gasteiger partial charge in [-0.3, -0.25) is 4.79 Å². The molecule has 0 amide bonds. The van der Waals surface area contributed by atoms with Crippen molar-refractivity contribution < 1.29 is 54.1 Å². The van der Waals surface area contributed by atoms with Crippen LogP contribution in [0.4, 0.5) is 0 Å². The number of aliphatic hydroxyl groups is 4. The van der Waals surface area contributed by atoms with Crippen LogP contribution in [-0.4, -0.2) is 101 Å². The number of phenolic OH excluding ortho intramolecular Hbond substituents is 1. The molecule has 2 heterocycles. The number of methoxy groups -OCH3 is 1. The number of aliphatic hydroxyl groups excluding tert-OH is 3. The number of phenols is 1. The first-order valence-electron chi connectivity index (χ1n) is 14.1. The standard InChI is InChI=1S/C31H39NO11/c1-18(35)41-28-27(37)26-16-32-17-31(39,43-26)29(28)42-30(38)23(13-20-6-7-24(36)25(14-20)40-2)15-22(9-11-34)21-5-3-4-19(12-21)8-10-33/h3-7,12-14,22,26-29,32-34,36-37,39H,8-11,15-17H2,1-2H3/t22-,26+,27-,28-,29+,31+/m0/s1. The molecule has 12 nitrogen and oxygen atoms in total. The Morgan fingerprint density at radius 2 is 1.95 bits per heavy atom. The van der Waals surface area contributed by atoms with Crippen molar-refractivity contribution in [3.63, 3.8) is 0 Å². The maximum absolute atomic E-state index is 13.9. The number of aromatic hydroxyl groups is 1. The second-order valence-electron chi connectivity index (χ2n) is 10.8. The molecule has 12 heteroatoms. The lowest BCUT2D eigenvalue weighted by Crippen LogP contribution is -2.73. The molecular weight excluding hydrogens is 562 g/mol. The minimum absolute atomic E-state index is 0.0360. The minimum atomic E-state index is -2.09. The zero-order valence-corrected chi connectivity index (χ0v) is 24.1. The maximum Gasteiger partial charge on any atom is 0.334 e. The summed E-state index contributed by atoms with van der Waals surface area (Å²) in [7, 11) is 1.39. The van der Waals surface area contributed by atoms with Gasteiger partial charge in [0.05, 0.1) is 13.7 Å². The Balaban J connectivity index is 1.72. The summed E-state index contributed by atoms with van der Waals surface area (Å²) in [6.45, 7) is 0.978. The molecule has 2 aromatic carbocycles. The van der Waals surface area contributed by atoms with E-state index < -0.39 is 42.1 Å². The van der Waals surface area contributed by atoms with E-state index in [1.54, 1.807) is 12.1 Å². The van der Waals surface area contributed by atoms with Crippen LogP contribution in [0.25, 0.3) is 6.08 Å². The molecule has 4 rings (SSSR count). The molecule has 0 aliphatic carbocycles. The normalized spacial score (nSPS) is 26.0. The van der Waals surface area contributed by atoms with Gasteiger partial charge in [0.25, 0.3) is 0 Å². The van der Waals surface area contributed by atoms with E-state index in [0.29, 0.717) is 18.4 Å². The highest BCUT2D eigenvalue weighted by atomic mass is 16.7. The zero-order chi connectivity index (χ0) is 31.1. The molecule has 0 unspecified atom stereocenters. The van der Waals surface area contributed by atoms with E-state index in [2.05, 4.69) is 5.32 Å². The highest BCUT2D eigenvalue weighted by Crippen LogP contribution is 2.36. The van der Waals surface area contributed by atoms with Gasteiger partial charge in [-0.2, -0.15) is 0 Å². The van der Waals surface area contributed by atoms with Crippen LogP contribution < -0.4 is 10.1 Å². The van der Waals surface area contributed by atoms with Gasteiger partial charge < -0.3 is 49.8 Å². The lowest BCUT2D eigenvalue weighted by molar-refractivity contribution is -0.355. The SMILES string of the molecule is COc1cc(C=C(C[C@H](CCO)c2cccc(CCO)c2)C(=O)O[C@@H]2[C@@H](OC(C)=O)[C@@H](O)[C@H]3CNC[C@@]2(O)O3)ccc1O. The van der Waals surface area contributed by atoms with Gasteiger partial charge in [0, 0.05) is 32.3 Å². The molecule has 6 atom stereocenters. The van der Waals surface area contributed by atoms with Crippen LogP contribution in [0.2, 0.25) is 0 Å². The number of hydrogen-bond acceptors (Lipinski definition) is 12. The largest absolute Gasteiger partial charge is 0.504 e. The van der Waals surface area contributed by atoms with Gasteiger partial charge in [0.1, 0.15) is 12.2 Å². The van der Waals surface area contributed by atoms with Gasteiger partial charge in [-0.05, 0) is 60.1 Å². The minimum Gasteiger partial charge on any atom is -0.504 e. The summed E-state index contributed by atoms with van der Waals surface area (Å²) in [4.78, 5) is 25.9. The number of morpholine rings is 1. The molecule has 43 heavy (non-hydrogen) atoms. The van der Waals surface area contributed by atoms with E-state index in [4.69, 9.17) is 18.9 Å². The predicted molar refractivity (Wildman–Crippen MR) is 153 cm³/mol. The van der Waals surface area contributed by atoms with E-state index in [1.807, 2.05) is 24.3 Å². The predicted octanol–water partition coefficient (Wildman–Crippen LogP) is 0.770. The average molecular weight is 602 g/mol. The van der Waals surface area contributed by atoms with Gasteiger partial charge in [-0.1, -0.05) is 30.3 Å². The molecule has 0 radical (unpaired) electrons. The number of benzene rings is 2. The van der Waals surface area contributed by atoms with Crippen LogP contribution >= 0.6 is 0 Å². The Labute approximate surface area is 249 Å². The van der Waals surface area contributed by atoms with E-state index in [9.17, 15) is 35.1 Å². The lowest BCUT2D eigenvalue weighted by atomic mass is 9.87. The Hall–Kier alpha value is -3.52. The first-order valence-corrected chi connectivity index (χ1v) is 14.1. The quantitative estimate of drug-likeness (QED) is 0.149. The molecule has 0 spiro atoms. The van der Waals surface area contributed by atoms with Crippen LogP contribution in [0.15, 0.2) is 48.0 Å². The monoisotopic (exact) mass is 601 g/mol. The third-order valence-corrected chi connectivity index (χ3v) is 7.65. The van der Waals surface area contributed by atoms with Crippen molar-refractivity contribution in [1.29, 1.82) is 0 Å². The topological polar surface area (TPSA) is 184 Å². The maximum atomic E-state index is 13.9. The Morgan fingerprint density at radius 1 is 1.16 bits per heavy atom. The van der Waals surface area contributed by atoms with Gasteiger partial charge in [-0.15, -0.1) is 0 Å². The number of esters is 2. The smallest absolute Gasteiger partial charge is 0.334 e. The number of carbonyl (C=O) groups is 2. The fraction of sp³-hybridized carbons (Fsp3) is 0.484. The van der Waals surface area contributed by atoms with Crippen molar-refractivity contribution in [1.82, 2.24) is 5.32 Å². The van der Waals surface area contributed by atoms with Gasteiger partial charge in [0.2, 0.25) is 5.79 Å². The Kier molecular flexibility index (Phi) is 10.8. The van der Waals surface area contributed by atoms with Crippen molar-refractivity contribution in [2.24, 2.45) is 0 Å². The Bertz CT molecular complexity index is 1310. The third-order valence-electron chi connectivity index (χ3n) is 7.65. The first kappa shape index (κ1) is 32.4. The molecule has 2 fully saturated rings. The molecule has 6 N–H and O–H groups in total. The van der Waals surface area contributed by atoms with Crippen molar-refractivity contribution in [3.05, 3.63) is 64.7 Å². The van der Waals surface area contributed by atoms with Crippen molar-refractivity contribution in [2.75, 3.05) is 33.4 Å². The summed E-state index contributed by atoms with van der Waals surface area (Å²) in [6, 6.07) is 12.0. The fourth-order valence-corrected chi connectivity index (χ4v) is 5.54. The molecular formula is C31H39NO11. The van der Waals surface area contributed by atoms with Crippen LogP contribution in [0.5, 0.6) is 11.5 Å². The summed E-state index contributed by atoms with van der Waals surface area (Å²) in [5.41, 5.74) is 2.34. The second kappa shape index (κ2) is 14.3. The summed E-state index contributed by atoms with van der Waals surface area (Å²) in [6.07, 6.45) is -2.92. The number of ether oxygens (including phenoxy) is 4. The summed E-state index contributed by atoms with van der Waals surface area (Å²) in [5, 5.41) is 54.5. The van der Waals surface area contributed by atoms with Gasteiger partial charge >= 0.3 is 11.9 Å². The van der Waals surface area contributed by atoms with Crippen molar-refractivity contribution in [3.8, 4) is 11.5 Å². The second-order valence-corrected chi connectivity index (χ2v) is 10.8.